The quantitative estimate of drug-likeness (QED) is 0.846. The fraction of sp³-hybridized carbons (Fsp3) is 0.0833. The van der Waals surface area contributed by atoms with Crippen molar-refractivity contribution in [2.75, 3.05) is 7.11 Å². The Morgan fingerprint density at radius 3 is 2.62 bits per heavy atom. The predicted octanol–water partition coefficient (Wildman–Crippen LogP) is 2.61. The average Bonchev–Trinajstić information content (AvgIpc) is 2.31. The van der Waals surface area contributed by atoms with Gasteiger partial charge in [0.1, 0.15) is 0 Å². The van der Waals surface area contributed by atoms with Crippen LogP contribution in [0.4, 0.5) is 0 Å². The van der Waals surface area contributed by atoms with Crippen LogP contribution in [0.25, 0.3) is 5.69 Å². The molecule has 0 aliphatic rings. The van der Waals surface area contributed by atoms with E-state index >= 15 is 0 Å². The second-order valence-electron chi connectivity index (χ2n) is 3.20. The first-order valence-electron chi connectivity index (χ1n) is 4.74. The number of ether oxygens (including phenoxy) is 1. The fourth-order valence-electron chi connectivity index (χ4n) is 1.47. The number of pyridine rings is 1. The Kier molecular flexibility index (Phi) is 3.10. The largest absolute Gasteiger partial charge is 0.491 e. The highest BCUT2D eigenvalue weighted by Gasteiger charge is 2.06. The third-order valence-corrected chi connectivity index (χ3v) is 2.91. The molecule has 0 atom stereocenters. The van der Waals surface area contributed by atoms with E-state index in [-0.39, 0.29) is 5.56 Å². The van der Waals surface area contributed by atoms with Gasteiger partial charge in [-0.1, -0.05) is 12.1 Å². The van der Waals surface area contributed by atoms with Crippen LogP contribution >= 0.6 is 15.9 Å². The SMILES string of the molecule is COc1cccn(-c2ccccc2Br)c1=O. The van der Waals surface area contributed by atoms with Crippen molar-refractivity contribution in [1.82, 2.24) is 4.57 Å². The molecular weight excluding hydrogens is 270 g/mol. The molecule has 0 fully saturated rings. The molecule has 0 bridgehead atoms. The summed E-state index contributed by atoms with van der Waals surface area (Å²) in [6.45, 7) is 0. The van der Waals surface area contributed by atoms with E-state index < -0.39 is 0 Å². The Labute approximate surface area is 101 Å². The number of hydrogen-bond acceptors (Lipinski definition) is 2. The maximum atomic E-state index is 12.0. The fourth-order valence-corrected chi connectivity index (χ4v) is 1.94. The minimum atomic E-state index is -0.170. The molecule has 0 N–H and O–H groups in total. The third-order valence-electron chi connectivity index (χ3n) is 2.24. The molecular formula is C12H10BrNO2. The highest BCUT2D eigenvalue weighted by molar-refractivity contribution is 9.10. The molecule has 0 aliphatic heterocycles. The number of aromatic nitrogens is 1. The van der Waals surface area contributed by atoms with Crippen LogP contribution in [-0.4, -0.2) is 11.7 Å². The summed E-state index contributed by atoms with van der Waals surface area (Å²) in [4.78, 5) is 12.0. The third kappa shape index (κ3) is 1.88. The maximum absolute atomic E-state index is 12.0. The Hall–Kier alpha value is -1.55. The Bertz CT molecular complexity index is 563. The monoisotopic (exact) mass is 279 g/mol. The molecule has 0 radical (unpaired) electrons. The zero-order chi connectivity index (χ0) is 11.5. The molecule has 1 aromatic carbocycles. The predicted molar refractivity (Wildman–Crippen MR) is 66.3 cm³/mol. The van der Waals surface area contributed by atoms with Gasteiger partial charge in [0.05, 0.1) is 12.8 Å². The lowest BCUT2D eigenvalue weighted by atomic mass is 10.3. The van der Waals surface area contributed by atoms with E-state index in [1.54, 1.807) is 22.9 Å². The number of nitrogens with zero attached hydrogens (tertiary/aromatic N) is 1. The van der Waals surface area contributed by atoms with Crippen molar-refractivity contribution in [3.8, 4) is 11.4 Å². The summed E-state index contributed by atoms with van der Waals surface area (Å²) in [5.41, 5.74) is 0.628. The molecule has 0 spiro atoms. The molecule has 1 aromatic heterocycles. The first-order valence-corrected chi connectivity index (χ1v) is 5.54. The summed E-state index contributed by atoms with van der Waals surface area (Å²) in [6, 6.07) is 11.0. The van der Waals surface area contributed by atoms with Crippen LogP contribution in [0.3, 0.4) is 0 Å². The summed E-state index contributed by atoms with van der Waals surface area (Å²) in [6.07, 6.45) is 1.71. The molecule has 2 rings (SSSR count). The summed E-state index contributed by atoms with van der Waals surface area (Å²) < 4.78 is 7.41. The van der Waals surface area contributed by atoms with Gasteiger partial charge >= 0.3 is 0 Å². The van der Waals surface area contributed by atoms with Gasteiger partial charge in [0, 0.05) is 10.7 Å². The van der Waals surface area contributed by atoms with Gasteiger partial charge in [-0.05, 0) is 40.2 Å². The molecule has 16 heavy (non-hydrogen) atoms. The van der Waals surface area contributed by atoms with E-state index in [2.05, 4.69) is 15.9 Å². The number of rotatable bonds is 2. The van der Waals surface area contributed by atoms with Crippen molar-refractivity contribution in [2.45, 2.75) is 0 Å². The van der Waals surface area contributed by atoms with Crippen LogP contribution in [0.1, 0.15) is 0 Å². The van der Waals surface area contributed by atoms with Crippen LogP contribution in [0.15, 0.2) is 51.9 Å². The minimum Gasteiger partial charge on any atom is -0.491 e. The van der Waals surface area contributed by atoms with Crippen molar-refractivity contribution in [3.63, 3.8) is 0 Å². The first kappa shape index (κ1) is 11.0. The van der Waals surface area contributed by atoms with Gasteiger partial charge in [-0.25, -0.2) is 0 Å². The van der Waals surface area contributed by atoms with E-state index in [0.29, 0.717) is 5.75 Å². The molecule has 0 saturated heterocycles. The first-order chi connectivity index (χ1) is 7.74. The van der Waals surface area contributed by atoms with Crippen molar-refractivity contribution >= 4 is 15.9 Å². The second-order valence-corrected chi connectivity index (χ2v) is 4.06. The van der Waals surface area contributed by atoms with Gasteiger partial charge in [0.25, 0.3) is 5.56 Å². The second kappa shape index (κ2) is 4.53. The number of halogens is 1. The van der Waals surface area contributed by atoms with Crippen LogP contribution in [0.5, 0.6) is 5.75 Å². The molecule has 82 valence electrons. The van der Waals surface area contributed by atoms with Crippen molar-refractivity contribution in [1.29, 1.82) is 0 Å². The van der Waals surface area contributed by atoms with Crippen LogP contribution in [-0.2, 0) is 0 Å². The number of para-hydroxylation sites is 1. The minimum absolute atomic E-state index is 0.170. The summed E-state index contributed by atoms with van der Waals surface area (Å²) in [7, 11) is 1.49. The van der Waals surface area contributed by atoms with E-state index in [1.807, 2.05) is 24.3 Å². The lowest BCUT2D eigenvalue weighted by molar-refractivity contribution is 0.406. The number of hydrogen-bond donors (Lipinski definition) is 0. The topological polar surface area (TPSA) is 31.2 Å². The molecule has 4 heteroatoms. The lowest BCUT2D eigenvalue weighted by Crippen LogP contribution is -2.19. The van der Waals surface area contributed by atoms with Gasteiger partial charge in [-0.15, -0.1) is 0 Å². The molecule has 0 aliphatic carbocycles. The summed E-state index contributed by atoms with van der Waals surface area (Å²) in [5, 5.41) is 0. The van der Waals surface area contributed by atoms with E-state index in [4.69, 9.17) is 4.74 Å². The lowest BCUT2D eigenvalue weighted by Gasteiger charge is -2.08. The van der Waals surface area contributed by atoms with E-state index in [9.17, 15) is 4.79 Å². The molecule has 2 aromatic rings. The van der Waals surface area contributed by atoms with Crippen LogP contribution < -0.4 is 10.3 Å². The molecule has 3 nitrogen and oxygen atoms in total. The number of methoxy groups -OCH3 is 1. The highest BCUT2D eigenvalue weighted by atomic mass is 79.9. The van der Waals surface area contributed by atoms with Crippen LogP contribution in [0, 0.1) is 0 Å². The van der Waals surface area contributed by atoms with Crippen molar-refractivity contribution in [2.24, 2.45) is 0 Å². The molecule has 0 unspecified atom stereocenters. The Balaban J connectivity index is 2.66. The van der Waals surface area contributed by atoms with Gasteiger partial charge in [0.2, 0.25) is 0 Å². The zero-order valence-corrected chi connectivity index (χ0v) is 10.3. The Morgan fingerprint density at radius 1 is 1.19 bits per heavy atom. The normalized spacial score (nSPS) is 10.1. The van der Waals surface area contributed by atoms with Gasteiger partial charge < -0.3 is 4.74 Å². The van der Waals surface area contributed by atoms with Gasteiger partial charge in [0.15, 0.2) is 5.75 Å². The molecule has 1 heterocycles. The number of benzene rings is 1. The van der Waals surface area contributed by atoms with Crippen LogP contribution in [0.2, 0.25) is 0 Å². The smallest absolute Gasteiger partial charge is 0.297 e. The van der Waals surface area contributed by atoms with Gasteiger partial charge in [-0.3, -0.25) is 9.36 Å². The summed E-state index contributed by atoms with van der Waals surface area (Å²) in [5.74, 6) is 0.332. The van der Waals surface area contributed by atoms with Gasteiger partial charge in [-0.2, -0.15) is 0 Å². The molecule has 0 saturated carbocycles. The van der Waals surface area contributed by atoms with E-state index in [0.717, 1.165) is 10.2 Å². The Morgan fingerprint density at radius 2 is 1.94 bits per heavy atom. The average molecular weight is 280 g/mol. The van der Waals surface area contributed by atoms with Crippen molar-refractivity contribution in [3.05, 3.63) is 57.4 Å². The van der Waals surface area contributed by atoms with E-state index in [1.165, 1.54) is 7.11 Å². The highest BCUT2D eigenvalue weighted by Crippen LogP contribution is 2.19. The molecule has 0 amide bonds. The van der Waals surface area contributed by atoms with Crippen molar-refractivity contribution < 1.29 is 4.74 Å². The zero-order valence-electron chi connectivity index (χ0n) is 8.68. The summed E-state index contributed by atoms with van der Waals surface area (Å²) >= 11 is 3.41. The standard InChI is InChI=1S/C12H10BrNO2/c1-16-11-7-4-8-14(12(11)15)10-6-3-2-5-9(10)13/h2-8H,1H3. The maximum Gasteiger partial charge on any atom is 0.297 e.